The van der Waals surface area contributed by atoms with Gasteiger partial charge in [-0.15, -0.1) is 0 Å². The summed E-state index contributed by atoms with van der Waals surface area (Å²) in [6.45, 7) is 4.63. The number of benzene rings is 1. The van der Waals surface area contributed by atoms with Crippen LogP contribution in [0.4, 0.5) is 5.69 Å². The second kappa shape index (κ2) is 6.72. The summed E-state index contributed by atoms with van der Waals surface area (Å²) in [6.07, 6.45) is 11.2. The van der Waals surface area contributed by atoms with E-state index in [0.29, 0.717) is 6.04 Å². The molecule has 0 aromatic heterocycles. The van der Waals surface area contributed by atoms with Gasteiger partial charge in [-0.2, -0.15) is 0 Å². The molecule has 26 heavy (non-hydrogen) atoms. The highest BCUT2D eigenvalue weighted by Crippen LogP contribution is 2.42. The molecule has 5 rings (SSSR count). The van der Waals surface area contributed by atoms with E-state index in [1.165, 1.54) is 69.3 Å². The first-order chi connectivity index (χ1) is 12.7. The zero-order valence-electron chi connectivity index (χ0n) is 16.0. The van der Waals surface area contributed by atoms with Crippen LogP contribution in [0, 0.1) is 0 Å². The third-order valence-corrected chi connectivity index (χ3v) is 7.43. The van der Waals surface area contributed by atoms with Crippen molar-refractivity contribution in [2.75, 3.05) is 31.1 Å². The molecule has 4 heteroatoms. The van der Waals surface area contributed by atoms with E-state index in [4.69, 9.17) is 10.5 Å². The van der Waals surface area contributed by atoms with Gasteiger partial charge in [-0.25, -0.2) is 0 Å². The molecule has 0 unspecified atom stereocenters. The van der Waals surface area contributed by atoms with Crippen molar-refractivity contribution in [1.82, 2.24) is 4.90 Å². The Balaban J connectivity index is 1.25. The lowest BCUT2D eigenvalue weighted by Gasteiger charge is -2.48. The minimum atomic E-state index is 0.104. The summed E-state index contributed by atoms with van der Waals surface area (Å²) in [4.78, 5) is 5.21. The molecule has 1 aromatic carbocycles. The van der Waals surface area contributed by atoms with Gasteiger partial charge in [0.15, 0.2) is 0 Å². The van der Waals surface area contributed by atoms with Gasteiger partial charge in [-0.05, 0) is 75.1 Å². The second-order valence-electron chi connectivity index (χ2n) is 9.02. The lowest BCUT2D eigenvalue weighted by Crippen LogP contribution is -2.53. The zero-order valence-corrected chi connectivity index (χ0v) is 16.0. The van der Waals surface area contributed by atoms with Crippen LogP contribution in [0.25, 0.3) is 0 Å². The number of hydrogen-bond donors (Lipinski definition) is 1. The maximum atomic E-state index is 6.63. The first-order valence-electron chi connectivity index (χ1n) is 10.8. The molecular weight excluding hydrogens is 322 g/mol. The number of fused-ring (bicyclic) bond motifs is 1. The Bertz CT molecular complexity index is 641. The third kappa shape index (κ3) is 3.11. The third-order valence-electron chi connectivity index (χ3n) is 7.43. The lowest BCUT2D eigenvalue weighted by atomic mass is 9.81. The Labute approximate surface area is 157 Å². The summed E-state index contributed by atoms with van der Waals surface area (Å²) in [7, 11) is 0. The molecule has 0 atom stereocenters. The number of piperidine rings is 2. The van der Waals surface area contributed by atoms with Crippen LogP contribution in [0.3, 0.4) is 0 Å². The van der Waals surface area contributed by atoms with Crippen LogP contribution in [0.1, 0.15) is 56.9 Å². The summed E-state index contributed by atoms with van der Waals surface area (Å²) in [6, 6.07) is 8.14. The van der Waals surface area contributed by atoms with Crippen molar-refractivity contribution < 1.29 is 4.74 Å². The second-order valence-corrected chi connectivity index (χ2v) is 9.02. The van der Waals surface area contributed by atoms with Gasteiger partial charge in [0.25, 0.3) is 0 Å². The van der Waals surface area contributed by atoms with Crippen molar-refractivity contribution in [2.24, 2.45) is 5.73 Å². The Hall–Kier alpha value is -1.26. The first-order valence-corrected chi connectivity index (χ1v) is 10.8. The Morgan fingerprint density at radius 3 is 2.42 bits per heavy atom. The number of nitrogens with two attached hydrogens (primary N) is 1. The molecule has 1 aliphatic carbocycles. The van der Waals surface area contributed by atoms with Crippen LogP contribution in [0.5, 0.6) is 5.75 Å². The highest BCUT2D eigenvalue weighted by molar-refractivity contribution is 5.54. The smallest absolute Gasteiger partial charge is 0.123 e. The summed E-state index contributed by atoms with van der Waals surface area (Å²) in [5, 5.41) is 0. The number of anilines is 1. The van der Waals surface area contributed by atoms with E-state index in [1.54, 1.807) is 0 Å². The molecule has 1 saturated carbocycles. The summed E-state index contributed by atoms with van der Waals surface area (Å²) >= 11 is 0. The average Bonchev–Trinajstić information content (AvgIpc) is 2.63. The standard InChI is InChI=1S/C22H33N3O/c23-18-7-12-24(13-8-18)20-4-5-21-17(16-20)6-9-22(26-21)10-14-25(15-11-22)19-2-1-3-19/h4-5,16,18-19H,1-3,6-15,23H2. The topological polar surface area (TPSA) is 41.7 Å². The van der Waals surface area contributed by atoms with Crippen molar-refractivity contribution in [1.29, 1.82) is 0 Å². The fourth-order valence-corrected chi connectivity index (χ4v) is 5.26. The van der Waals surface area contributed by atoms with Crippen LogP contribution >= 0.6 is 0 Å². The SMILES string of the molecule is NC1CCN(c2ccc3c(c2)CCC2(CCN(C4CCC4)CC2)O3)CC1. The summed E-state index contributed by atoms with van der Waals surface area (Å²) in [5.74, 6) is 1.14. The predicted molar refractivity (Wildman–Crippen MR) is 106 cm³/mol. The minimum Gasteiger partial charge on any atom is -0.487 e. The maximum Gasteiger partial charge on any atom is 0.123 e. The van der Waals surface area contributed by atoms with E-state index < -0.39 is 0 Å². The molecule has 0 radical (unpaired) electrons. The Morgan fingerprint density at radius 1 is 0.962 bits per heavy atom. The fourth-order valence-electron chi connectivity index (χ4n) is 5.26. The van der Waals surface area contributed by atoms with E-state index in [2.05, 4.69) is 28.0 Å². The summed E-state index contributed by atoms with van der Waals surface area (Å²) in [5.41, 5.74) is 8.92. The number of ether oxygens (including phenoxy) is 1. The fraction of sp³-hybridized carbons (Fsp3) is 0.727. The molecule has 1 aromatic rings. The monoisotopic (exact) mass is 355 g/mol. The van der Waals surface area contributed by atoms with E-state index in [0.717, 1.165) is 37.7 Å². The van der Waals surface area contributed by atoms with Gasteiger partial charge in [-0.3, -0.25) is 0 Å². The number of likely N-dealkylation sites (tertiary alicyclic amines) is 1. The van der Waals surface area contributed by atoms with Crippen LogP contribution < -0.4 is 15.4 Å². The molecule has 4 aliphatic rings. The molecule has 3 fully saturated rings. The molecule has 3 heterocycles. The molecule has 2 N–H and O–H groups in total. The molecule has 0 amide bonds. The first kappa shape index (κ1) is 16.9. The van der Waals surface area contributed by atoms with Crippen molar-refractivity contribution in [2.45, 2.75) is 75.5 Å². The van der Waals surface area contributed by atoms with Crippen molar-refractivity contribution in [3.05, 3.63) is 23.8 Å². The van der Waals surface area contributed by atoms with E-state index in [1.807, 2.05) is 0 Å². The van der Waals surface area contributed by atoms with Crippen LogP contribution in [-0.2, 0) is 6.42 Å². The van der Waals surface area contributed by atoms with Crippen molar-refractivity contribution in [3.63, 3.8) is 0 Å². The van der Waals surface area contributed by atoms with Crippen LogP contribution in [-0.4, -0.2) is 48.8 Å². The Kier molecular flexibility index (Phi) is 4.36. The van der Waals surface area contributed by atoms with E-state index in [9.17, 15) is 0 Å². The van der Waals surface area contributed by atoms with Gasteiger partial charge in [0.05, 0.1) is 0 Å². The van der Waals surface area contributed by atoms with Gasteiger partial charge >= 0.3 is 0 Å². The van der Waals surface area contributed by atoms with Gasteiger partial charge < -0.3 is 20.3 Å². The number of hydrogen-bond acceptors (Lipinski definition) is 4. The van der Waals surface area contributed by atoms with E-state index in [-0.39, 0.29) is 5.60 Å². The molecule has 4 nitrogen and oxygen atoms in total. The molecule has 3 aliphatic heterocycles. The number of aryl methyl sites for hydroxylation is 1. The van der Waals surface area contributed by atoms with Gasteiger partial charge in [-0.1, -0.05) is 6.42 Å². The molecule has 0 bridgehead atoms. The lowest BCUT2D eigenvalue weighted by molar-refractivity contribution is -0.0336. The zero-order chi connectivity index (χ0) is 17.6. The van der Waals surface area contributed by atoms with Crippen LogP contribution in [0.15, 0.2) is 18.2 Å². The highest BCUT2D eigenvalue weighted by atomic mass is 16.5. The Morgan fingerprint density at radius 2 is 1.73 bits per heavy atom. The van der Waals surface area contributed by atoms with Crippen LogP contribution in [0.2, 0.25) is 0 Å². The minimum absolute atomic E-state index is 0.104. The maximum absolute atomic E-state index is 6.63. The highest BCUT2D eigenvalue weighted by Gasteiger charge is 2.41. The van der Waals surface area contributed by atoms with Crippen molar-refractivity contribution in [3.8, 4) is 5.75 Å². The molecular formula is C22H33N3O. The average molecular weight is 356 g/mol. The predicted octanol–water partition coefficient (Wildman–Crippen LogP) is 3.33. The summed E-state index contributed by atoms with van der Waals surface area (Å²) < 4.78 is 6.63. The van der Waals surface area contributed by atoms with Crippen molar-refractivity contribution >= 4 is 5.69 Å². The molecule has 2 saturated heterocycles. The largest absolute Gasteiger partial charge is 0.487 e. The quantitative estimate of drug-likeness (QED) is 0.884. The van der Waals surface area contributed by atoms with Gasteiger partial charge in [0.1, 0.15) is 11.4 Å². The molecule has 1 spiro atoms. The van der Waals surface area contributed by atoms with Gasteiger partial charge in [0.2, 0.25) is 0 Å². The van der Waals surface area contributed by atoms with Gasteiger partial charge in [0, 0.05) is 44.0 Å². The number of rotatable bonds is 2. The normalized spacial score (nSPS) is 27.0. The molecule has 142 valence electrons. The number of nitrogens with zero attached hydrogens (tertiary/aromatic N) is 2. The van der Waals surface area contributed by atoms with E-state index >= 15 is 0 Å².